The van der Waals surface area contributed by atoms with Crippen LogP contribution in [0.1, 0.15) is 32.3 Å². The zero-order chi connectivity index (χ0) is 20.1. The third kappa shape index (κ3) is 4.57. The van der Waals surface area contributed by atoms with Crippen molar-refractivity contribution in [1.82, 2.24) is 5.32 Å². The van der Waals surface area contributed by atoms with Crippen molar-refractivity contribution in [2.45, 2.75) is 32.1 Å². The monoisotopic (exact) mass is 379 g/mol. The molecule has 0 fully saturated rings. The van der Waals surface area contributed by atoms with E-state index in [4.69, 9.17) is 0 Å². The van der Waals surface area contributed by atoms with Crippen LogP contribution in [-0.4, -0.2) is 30.8 Å². The van der Waals surface area contributed by atoms with E-state index in [1.807, 2.05) is 36.4 Å². The van der Waals surface area contributed by atoms with E-state index >= 15 is 0 Å². The minimum Gasteiger partial charge on any atom is -0.355 e. The van der Waals surface area contributed by atoms with E-state index in [1.165, 1.54) is 4.90 Å². The molecule has 3 amide bonds. The van der Waals surface area contributed by atoms with Crippen molar-refractivity contribution in [2.24, 2.45) is 0 Å². The largest absolute Gasteiger partial charge is 0.355 e. The van der Waals surface area contributed by atoms with Gasteiger partial charge in [-0.05, 0) is 17.7 Å². The van der Waals surface area contributed by atoms with Crippen LogP contribution in [0.25, 0.3) is 0 Å². The Bertz CT molecular complexity index is 878. The van der Waals surface area contributed by atoms with Crippen molar-refractivity contribution in [3.8, 4) is 0 Å². The fourth-order valence-electron chi connectivity index (χ4n) is 3.21. The lowest BCUT2D eigenvalue weighted by Gasteiger charge is -2.29. The van der Waals surface area contributed by atoms with Crippen LogP contribution in [0.15, 0.2) is 54.6 Å². The summed E-state index contributed by atoms with van der Waals surface area (Å²) in [6.45, 7) is 4.59. The first-order chi connectivity index (χ1) is 13.4. The number of carbonyl (C=O) groups is 3. The summed E-state index contributed by atoms with van der Waals surface area (Å²) in [6, 6.07) is 17.1. The highest BCUT2D eigenvalue weighted by Gasteiger charge is 2.27. The Balaban J connectivity index is 1.54. The fraction of sp³-hybridized carbons (Fsp3) is 0.318. The molecule has 0 spiro atoms. The van der Waals surface area contributed by atoms with Crippen LogP contribution in [0.2, 0.25) is 0 Å². The molecule has 28 heavy (non-hydrogen) atoms. The Morgan fingerprint density at radius 2 is 1.71 bits per heavy atom. The number of nitrogens with one attached hydrogen (secondary N) is 2. The number of hydrogen-bond donors (Lipinski definition) is 2. The average molecular weight is 379 g/mol. The van der Waals surface area contributed by atoms with Crippen LogP contribution >= 0.6 is 0 Å². The quantitative estimate of drug-likeness (QED) is 0.810. The summed E-state index contributed by atoms with van der Waals surface area (Å²) in [4.78, 5) is 38.1. The standard InChI is InChI=1S/C22H25N3O3/c1-22(2,16-8-4-3-5-9-16)15-23-19(26)12-13-21(28)25-14-20(27)24-17-10-6-7-11-18(17)25/h3-11H,12-15H2,1-2H3,(H,23,26)(H,24,27). The molecule has 1 aliphatic rings. The first kappa shape index (κ1) is 19.6. The number of carbonyl (C=O) groups excluding carboxylic acids is 3. The summed E-state index contributed by atoms with van der Waals surface area (Å²) < 4.78 is 0. The van der Waals surface area contributed by atoms with Crippen LogP contribution in [0.3, 0.4) is 0 Å². The van der Waals surface area contributed by atoms with E-state index in [1.54, 1.807) is 18.2 Å². The van der Waals surface area contributed by atoms with Crippen molar-refractivity contribution < 1.29 is 14.4 Å². The van der Waals surface area contributed by atoms with E-state index in [-0.39, 0.29) is 42.5 Å². The average Bonchev–Trinajstić information content (AvgIpc) is 2.70. The van der Waals surface area contributed by atoms with Crippen molar-refractivity contribution in [1.29, 1.82) is 0 Å². The Labute approximate surface area is 164 Å². The molecule has 0 bridgehead atoms. The zero-order valence-corrected chi connectivity index (χ0v) is 16.2. The predicted molar refractivity (Wildman–Crippen MR) is 109 cm³/mol. The Morgan fingerprint density at radius 1 is 1.04 bits per heavy atom. The van der Waals surface area contributed by atoms with Gasteiger partial charge in [0.1, 0.15) is 6.54 Å². The number of rotatable bonds is 6. The van der Waals surface area contributed by atoms with E-state index in [9.17, 15) is 14.4 Å². The minimum absolute atomic E-state index is 0.0293. The van der Waals surface area contributed by atoms with Crippen LogP contribution in [0.5, 0.6) is 0 Å². The van der Waals surface area contributed by atoms with Crippen molar-refractivity contribution in [3.05, 3.63) is 60.2 Å². The van der Waals surface area contributed by atoms with Gasteiger partial charge in [0, 0.05) is 24.8 Å². The van der Waals surface area contributed by atoms with Crippen molar-refractivity contribution >= 4 is 29.1 Å². The molecule has 0 atom stereocenters. The maximum Gasteiger partial charge on any atom is 0.244 e. The summed E-state index contributed by atoms with van der Waals surface area (Å²) in [5, 5.41) is 5.67. The number of anilines is 2. The molecule has 0 radical (unpaired) electrons. The molecule has 0 aromatic heterocycles. The number of para-hydroxylation sites is 2. The number of benzene rings is 2. The maximum atomic E-state index is 12.6. The summed E-state index contributed by atoms with van der Waals surface area (Å²) in [7, 11) is 0. The molecule has 0 aliphatic carbocycles. The second kappa shape index (κ2) is 8.25. The second-order valence-corrected chi connectivity index (χ2v) is 7.57. The van der Waals surface area contributed by atoms with E-state index < -0.39 is 0 Å². The lowest BCUT2D eigenvalue weighted by Crippen LogP contribution is -2.42. The molecule has 0 saturated heterocycles. The second-order valence-electron chi connectivity index (χ2n) is 7.57. The van der Waals surface area contributed by atoms with Crippen molar-refractivity contribution in [2.75, 3.05) is 23.3 Å². The smallest absolute Gasteiger partial charge is 0.244 e. The fourth-order valence-corrected chi connectivity index (χ4v) is 3.21. The first-order valence-electron chi connectivity index (χ1n) is 9.38. The molecule has 1 aliphatic heterocycles. The van der Waals surface area contributed by atoms with Crippen LogP contribution in [0.4, 0.5) is 11.4 Å². The predicted octanol–water partition coefficient (Wildman–Crippen LogP) is 2.85. The molecule has 3 rings (SSSR count). The molecule has 146 valence electrons. The molecule has 0 saturated carbocycles. The topological polar surface area (TPSA) is 78.5 Å². The minimum atomic E-state index is -0.236. The molecular weight excluding hydrogens is 354 g/mol. The van der Waals surface area contributed by atoms with Gasteiger partial charge in [0.05, 0.1) is 11.4 Å². The van der Waals surface area contributed by atoms with Gasteiger partial charge in [-0.3, -0.25) is 14.4 Å². The molecule has 6 nitrogen and oxygen atoms in total. The maximum absolute atomic E-state index is 12.6. The van der Waals surface area contributed by atoms with Crippen LogP contribution < -0.4 is 15.5 Å². The number of fused-ring (bicyclic) bond motifs is 1. The highest BCUT2D eigenvalue weighted by Crippen LogP contribution is 2.29. The Kier molecular flexibility index (Phi) is 5.78. The normalized spacial score (nSPS) is 13.5. The van der Waals surface area contributed by atoms with Gasteiger partial charge in [-0.1, -0.05) is 56.3 Å². The van der Waals surface area contributed by atoms with E-state index in [2.05, 4.69) is 24.5 Å². The SMILES string of the molecule is CC(C)(CNC(=O)CCC(=O)N1CC(=O)Nc2ccccc21)c1ccccc1. The molecule has 2 aromatic rings. The van der Waals surface area contributed by atoms with Gasteiger partial charge in [0.25, 0.3) is 0 Å². The molecule has 1 heterocycles. The third-order valence-electron chi connectivity index (χ3n) is 4.92. The molecule has 6 heteroatoms. The highest BCUT2D eigenvalue weighted by molar-refractivity contribution is 6.10. The van der Waals surface area contributed by atoms with Gasteiger partial charge >= 0.3 is 0 Å². The van der Waals surface area contributed by atoms with Gasteiger partial charge in [0.2, 0.25) is 17.7 Å². The number of hydrogen-bond acceptors (Lipinski definition) is 3. The highest BCUT2D eigenvalue weighted by atomic mass is 16.2. The third-order valence-corrected chi connectivity index (χ3v) is 4.92. The van der Waals surface area contributed by atoms with Crippen LogP contribution in [-0.2, 0) is 19.8 Å². The molecule has 2 N–H and O–H groups in total. The number of amides is 3. The lowest BCUT2D eigenvalue weighted by atomic mass is 9.84. The van der Waals surface area contributed by atoms with Gasteiger partial charge in [-0.25, -0.2) is 0 Å². The van der Waals surface area contributed by atoms with Crippen LogP contribution in [0, 0.1) is 0 Å². The van der Waals surface area contributed by atoms with E-state index in [0.29, 0.717) is 17.9 Å². The summed E-state index contributed by atoms with van der Waals surface area (Å²) in [5.41, 5.74) is 2.21. The summed E-state index contributed by atoms with van der Waals surface area (Å²) in [6.07, 6.45) is 0.142. The number of nitrogens with zero attached hydrogens (tertiary/aromatic N) is 1. The summed E-state index contributed by atoms with van der Waals surface area (Å²) >= 11 is 0. The Morgan fingerprint density at radius 3 is 2.46 bits per heavy atom. The van der Waals surface area contributed by atoms with Gasteiger partial charge < -0.3 is 15.5 Å². The Hall–Kier alpha value is -3.15. The van der Waals surface area contributed by atoms with Crippen molar-refractivity contribution in [3.63, 3.8) is 0 Å². The van der Waals surface area contributed by atoms with Gasteiger partial charge in [0.15, 0.2) is 0 Å². The summed E-state index contributed by atoms with van der Waals surface area (Å²) in [5.74, 6) is -0.645. The van der Waals surface area contributed by atoms with Gasteiger partial charge in [-0.15, -0.1) is 0 Å². The molecule has 0 unspecified atom stereocenters. The molecule has 2 aromatic carbocycles. The van der Waals surface area contributed by atoms with Gasteiger partial charge in [-0.2, -0.15) is 0 Å². The molecular formula is C22H25N3O3. The lowest BCUT2D eigenvalue weighted by molar-refractivity contribution is -0.125. The first-order valence-corrected chi connectivity index (χ1v) is 9.38. The zero-order valence-electron chi connectivity index (χ0n) is 16.2. The van der Waals surface area contributed by atoms with E-state index in [0.717, 1.165) is 5.56 Å².